The molecule has 7 nitrogen and oxygen atoms in total. The molecule has 0 bridgehead atoms. The Bertz CT molecular complexity index is 469. The van der Waals surface area contributed by atoms with Crippen LogP contribution in [0.15, 0.2) is 0 Å². The molecule has 1 aromatic rings. The topological polar surface area (TPSA) is 75.9 Å². The molecule has 2 heterocycles. The lowest BCUT2D eigenvalue weighted by molar-refractivity contribution is -0.125. The summed E-state index contributed by atoms with van der Waals surface area (Å²) >= 11 is 0. The standard InChI is InChI=1S/C13H22N6O/c1-2-7-19-12(15-16-17-19)9-18-8-3-4-11(18)13(20)14-10-5-6-10/h10-11H,2-9H2,1H3,(H,14,20). The number of nitrogens with zero attached hydrogens (tertiary/aromatic N) is 5. The van der Waals surface area contributed by atoms with Crippen LogP contribution < -0.4 is 5.32 Å². The molecule has 1 saturated carbocycles. The van der Waals surface area contributed by atoms with E-state index in [0.29, 0.717) is 12.6 Å². The van der Waals surface area contributed by atoms with Crippen LogP contribution in [0.5, 0.6) is 0 Å². The predicted molar refractivity (Wildman–Crippen MR) is 72.7 cm³/mol. The molecule has 1 unspecified atom stereocenters. The molecule has 1 aliphatic carbocycles. The molecule has 1 saturated heterocycles. The van der Waals surface area contributed by atoms with Crippen molar-refractivity contribution in [3.63, 3.8) is 0 Å². The number of carbonyl (C=O) groups is 1. The van der Waals surface area contributed by atoms with Crippen molar-refractivity contribution in [3.8, 4) is 0 Å². The lowest BCUT2D eigenvalue weighted by Crippen LogP contribution is -2.44. The number of hydrogen-bond acceptors (Lipinski definition) is 5. The smallest absolute Gasteiger partial charge is 0.237 e. The van der Waals surface area contributed by atoms with Crippen molar-refractivity contribution in [1.29, 1.82) is 0 Å². The predicted octanol–water partition coefficient (Wildman–Crippen LogP) is 0.326. The van der Waals surface area contributed by atoms with Gasteiger partial charge in [0, 0.05) is 12.6 Å². The SMILES string of the molecule is CCCn1nnnc1CN1CCCC1C(=O)NC1CC1. The molecule has 1 amide bonds. The Hall–Kier alpha value is -1.50. The first-order chi connectivity index (χ1) is 9.78. The van der Waals surface area contributed by atoms with E-state index in [1.165, 1.54) is 0 Å². The molecule has 1 aliphatic heterocycles. The summed E-state index contributed by atoms with van der Waals surface area (Å²) in [4.78, 5) is 14.4. The van der Waals surface area contributed by atoms with Gasteiger partial charge in [0.25, 0.3) is 0 Å². The van der Waals surface area contributed by atoms with Crippen molar-refractivity contribution < 1.29 is 4.79 Å². The lowest BCUT2D eigenvalue weighted by Gasteiger charge is -2.23. The van der Waals surface area contributed by atoms with E-state index in [1.807, 2.05) is 4.68 Å². The van der Waals surface area contributed by atoms with Gasteiger partial charge in [0.1, 0.15) is 0 Å². The number of carbonyl (C=O) groups excluding carboxylic acids is 1. The van der Waals surface area contributed by atoms with Gasteiger partial charge < -0.3 is 5.32 Å². The van der Waals surface area contributed by atoms with Gasteiger partial charge in [-0.1, -0.05) is 6.92 Å². The van der Waals surface area contributed by atoms with Crippen molar-refractivity contribution in [1.82, 2.24) is 30.4 Å². The zero-order valence-corrected chi connectivity index (χ0v) is 12.0. The van der Waals surface area contributed by atoms with Gasteiger partial charge in [0.05, 0.1) is 12.6 Å². The van der Waals surface area contributed by atoms with Gasteiger partial charge >= 0.3 is 0 Å². The maximum Gasteiger partial charge on any atom is 0.237 e. The molecule has 7 heteroatoms. The van der Waals surface area contributed by atoms with Crippen LogP contribution in [0.3, 0.4) is 0 Å². The highest BCUT2D eigenvalue weighted by Crippen LogP contribution is 2.23. The van der Waals surface area contributed by atoms with E-state index < -0.39 is 0 Å². The highest BCUT2D eigenvalue weighted by Gasteiger charge is 2.34. The third-order valence-corrected chi connectivity index (χ3v) is 3.98. The second-order valence-corrected chi connectivity index (χ2v) is 5.73. The van der Waals surface area contributed by atoms with E-state index in [-0.39, 0.29) is 11.9 Å². The number of nitrogens with one attached hydrogen (secondary N) is 1. The largest absolute Gasteiger partial charge is 0.352 e. The third-order valence-electron chi connectivity index (χ3n) is 3.98. The Kier molecular flexibility index (Phi) is 3.95. The fourth-order valence-corrected chi connectivity index (χ4v) is 2.74. The second kappa shape index (κ2) is 5.87. The molecule has 1 atom stereocenters. The maximum absolute atomic E-state index is 12.2. The fourth-order valence-electron chi connectivity index (χ4n) is 2.74. The summed E-state index contributed by atoms with van der Waals surface area (Å²) in [7, 11) is 0. The van der Waals surface area contributed by atoms with Crippen LogP contribution in [0.25, 0.3) is 0 Å². The highest BCUT2D eigenvalue weighted by molar-refractivity contribution is 5.82. The zero-order valence-electron chi connectivity index (χ0n) is 12.0. The summed E-state index contributed by atoms with van der Waals surface area (Å²) in [5, 5.41) is 15.0. The van der Waals surface area contributed by atoms with Gasteiger partial charge in [0.15, 0.2) is 5.82 Å². The molecule has 3 rings (SSSR count). The van der Waals surface area contributed by atoms with E-state index in [1.54, 1.807) is 0 Å². The van der Waals surface area contributed by atoms with Gasteiger partial charge in [-0.05, 0) is 49.1 Å². The first-order valence-corrected chi connectivity index (χ1v) is 7.57. The number of rotatable bonds is 6. The molecule has 1 aromatic heterocycles. The van der Waals surface area contributed by atoms with Gasteiger partial charge in [-0.3, -0.25) is 9.69 Å². The van der Waals surface area contributed by atoms with Gasteiger partial charge in [0.2, 0.25) is 5.91 Å². The van der Waals surface area contributed by atoms with Crippen molar-refractivity contribution in [3.05, 3.63) is 5.82 Å². The Morgan fingerprint density at radius 3 is 3.00 bits per heavy atom. The second-order valence-electron chi connectivity index (χ2n) is 5.73. The number of tetrazole rings is 1. The number of likely N-dealkylation sites (tertiary alicyclic amines) is 1. The van der Waals surface area contributed by atoms with Crippen molar-refractivity contribution >= 4 is 5.91 Å². The minimum Gasteiger partial charge on any atom is -0.352 e. The number of aryl methyl sites for hydroxylation is 1. The molecule has 110 valence electrons. The van der Waals surface area contributed by atoms with Gasteiger partial charge in [-0.15, -0.1) is 5.10 Å². The minimum absolute atomic E-state index is 0.0117. The number of hydrogen-bond donors (Lipinski definition) is 1. The third kappa shape index (κ3) is 2.98. The van der Waals surface area contributed by atoms with Crippen LogP contribution in [-0.2, 0) is 17.9 Å². The van der Waals surface area contributed by atoms with E-state index in [2.05, 4.69) is 32.7 Å². The first-order valence-electron chi connectivity index (χ1n) is 7.57. The van der Waals surface area contributed by atoms with Gasteiger partial charge in [-0.25, -0.2) is 4.68 Å². The van der Waals surface area contributed by atoms with Crippen LogP contribution in [-0.4, -0.2) is 49.6 Å². The maximum atomic E-state index is 12.2. The normalized spacial score (nSPS) is 23.1. The first kappa shape index (κ1) is 13.5. The Balaban J connectivity index is 1.62. The molecule has 0 radical (unpaired) electrons. The Morgan fingerprint density at radius 2 is 2.25 bits per heavy atom. The van der Waals surface area contributed by atoms with Crippen LogP contribution >= 0.6 is 0 Å². The van der Waals surface area contributed by atoms with Crippen molar-refractivity contribution in [2.75, 3.05) is 6.54 Å². The molecular formula is C13H22N6O. The summed E-state index contributed by atoms with van der Waals surface area (Å²) in [6.07, 6.45) is 5.27. The van der Waals surface area contributed by atoms with Gasteiger partial charge in [-0.2, -0.15) is 0 Å². The van der Waals surface area contributed by atoms with Crippen LogP contribution in [0, 0.1) is 0 Å². The monoisotopic (exact) mass is 278 g/mol. The highest BCUT2D eigenvalue weighted by atomic mass is 16.2. The Morgan fingerprint density at radius 1 is 1.40 bits per heavy atom. The van der Waals surface area contributed by atoms with Crippen LogP contribution in [0.2, 0.25) is 0 Å². The number of aromatic nitrogens is 4. The van der Waals surface area contributed by atoms with Crippen molar-refractivity contribution in [2.24, 2.45) is 0 Å². The average Bonchev–Trinajstić information content (AvgIpc) is 2.96. The summed E-state index contributed by atoms with van der Waals surface area (Å²) < 4.78 is 1.84. The molecule has 20 heavy (non-hydrogen) atoms. The average molecular weight is 278 g/mol. The molecular weight excluding hydrogens is 256 g/mol. The minimum atomic E-state index is -0.0117. The fraction of sp³-hybridized carbons (Fsp3) is 0.846. The van der Waals surface area contributed by atoms with E-state index >= 15 is 0 Å². The Labute approximate surface area is 118 Å². The van der Waals surface area contributed by atoms with E-state index in [9.17, 15) is 4.79 Å². The molecule has 0 aromatic carbocycles. The molecule has 2 aliphatic rings. The number of amides is 1. The molecule has 0 spiro atoms. The van der Waals surface area contributed by atoms with Crippen LogP contribution in [0.1, 0.15) is 44.9 Å². The summed E-state index contributed by atoms with van der Waals surface area (Å²) in [5.41, 5.74) is 0. The summed E-state index contributed by atoms with van der Waals surface area (Å²) in [6.45, 7) is 4.54. The van der Waals surface area contributed by atoms with E-state index in [0.717, 1.165) is 51.0 Å². The van der Waals surface area contributed by atoms with Crippen LogP contribution in [0.4, 0.5) is 0 Å². The summed E-state index contributed by atoms with van der Waals surface area (Å²) in [5.74, 6) is 1.04. The zero-order chi connectivity index (χ0) is 13.9. The summed E-state index contributed by atoms with van der Waals surface area (Å²) in [6, 6.07) is 0.415. The lowest BCUT2D eigenvalue weighted by atomic mass is 10.2. The quantitative estimate of drug-likeness (QED) is 0.811. The van der Waals surface area contributed by atoms with Crippen molar-refractivity contribution in [2.45, 2.75) is 64.2 Å². The molecule has 1 N–H and O–H groups in total. The van der Waals surface area contributed by atoms with E-state index in [4.69, 9.17) is 0 Å². The molecule has 2 fully saturated rings.